The van der Waals surface area contributed by atoms with Gasteiger partial charge in [-0.3, -0.25) is 0 Å². The molecule has 1 aromatic carbocycles. The van der Waals surface area contributed by atoms with E-state index in [1.54, 1.807) is 6.20 Å². The van der Waals surface area contributed by atoms with E-state index in [0.717, 1.165) is 62.5 Å². The van der Waals surface area contributed by atoms with E-state index in [0.29, 0.717) is 11.9 Å². The van der Waals surface area contributed by atoms with Crippen molar-refractivity contribution >= 4 is 38.9 Å². The van der Waals surface area contributed by atoms with Crippen molar-refractivity contribution in [3.63, 3.8) is 0 Å². The zero-order chi connectivity index (χ0) is 22.9. The van der Waals surface area contributed by atoms with Crippen LogP contribution >= 0.6 is 27.3 Å². The summed E-state index contributed by atoms with van der Waals surface area (Å²) in [4.78, 5) is 14.3. The van der Waals surface area contributed by atoms with E-state index in [9.17, 15) is 10.2 Å². The molecule has 6 nitrogen and oxygen atoms in total. The normalized spacial score (nSPS) is 20.7. The highest BCUT2D eigenvalue weighted by molar-refractivity contribution is 9.10. The van der Waals surface area contributed by atoms with Crippen LogP contribution in [0, 0.1) is 25.7 Å². The molecule has 0 amide bonds. The number of aromatic nitrogens is 3. The van der Waals surface area contributed by atoms with E-state index in [4.69, 9.17) is 0 Å². The van der Waals surface area contributed by atoms with Crippen LogP contribution in [0.5, 0.6) is 0 Å². The highest BCUT2D eigenvalue weighted by atomic mass is 79.9. The van der Waals surface area contributed by atoms with Gasteiger partial charge in [0.25, 0.3) is 0 Å². The molecule has 1 atom stereocenters. The molecule has 1 aliphatic carbocycles. The lowest BCUT2D eigenvalue weighted by Gasteiger charge is -2.36. The molecule has 3 N–H and O–H groups in total. The summed E-state index contributed by atoms with van der Waals surface area (Å²) in [5.74, 6) is 1.07. The van der Waals surface area contributed by atoms with Crippen LogP contribution in [-0.4, -0.2) is 31.8 Å². The summed E-state index contributed by atoms with van der Waals surface area (Å²) in [5, 5.41) is 24.8. The van der Waals surface area contributed by atoms with Crippen molar-refractivity contribution < 1.29 is 10.2 Å². The highest BCUT2D eigenvalue weighted by Crippen LogP contribution is 2.44. The zero-order valence-corrected chi connectivity index (χ0v) is 21.0. The molecule has 2 aromatic heterocycles. The minimum atomic E-state index is -0.976. The summed E-state index contributed by atoms with van der Waals surface area (Å²) in [7, 11) is 0. The second-order valence-corrected chi connectivity index (χ2v) is 10.7. The van der Waals surface area contributed by atoms with E-state index >= 15 is 0 Å². The minimum Gasteiger partial charge on any atom is -0.396 e. The number of aryl methyl sites for hydroxylation is 2. The van der Waals surface area contributed by atoms with E-state index in [-0.39, 0.29) is 12.5 Å². The third-order valence-corrected chi connectivity index (χ3v) is 8.72. The molecule has 2 heterocycles. The molecule has 0 spiro atoms. The van der Waals surface area contributed by atoms with Crippen molar-refractivity contribution in [2.75, 3.05) is 11.9 Å². The lowest BCUT2D eigenvalue weighted by atomic mass is 9.74. The number of nitrogens with zero attached hydrogens (tertiary/aromatic N) is 3. The minimum absolute atomic E-state index is 0.154. The number of aliphatic hydroxyl groups is 2. The Morgan fingerprint density at radius 3 is 2.62 bits per heavy atom. The van der Waals surface area contributed by atoms with Gasteiger partial charge in [0.15, 0.2) is 0 Å². The van der Waals surface area contributed by atoms with Gasteiger partial charge < -0.3 is 15.5 Å². The van der Waals surface area contributed by atoms with Crippen LogP contribution in [0.1, 0.15) is 48.9 Å². The first-order valence-electron chi connectivity index (χ1n) is 10.9. The van der Waals surface area contributed by atoms with Crippen molar-refractivity contribution in [2.24, 2.45) is 11.8 Å². The smallest absolute Gasteiger partial charge is 0.227 e. The third kappa shape index (κ3) is 4.88. The summed E-state index contributed by atoms with van der Waals surface area (Å²) in [5.41, 5.74) is 2.93. The Morgan fingerprint density at radius 1 is 1.19 bits per heavy atom. The molecule has 0 radical (unpaired) electrons. The van der Waals surface area contributed by atoms with Gasteiger partial charge in [-0.15, -0.1) is 11.3 Å². The number of nitrogens with one attached hydrogen (secondary N) is 1. The van der Waals surface area contributed by atoms with Gasteiger partial charge in [0.1, 0.15) is 10.6 Å². The summed E-state index contributed by atoms with van der Waals surface area (Å²) in [6.07, 6.45) is 7.31. The van der Waals surface area contributed by atoms with Crippen LogP contribution in [0.2, 0.25) is 0 Å². The maximum Gasteiger partial charge on any atom is 0.227 e. The van der Waals surface area contributed by atoms with Crippen molar-refractivity contribution in [2.45, 2.75) is 52.1 Å². The molecule has 0 unspecified atom stereocenters. The molecular weight excluding hydrogens is 488 g/mol. The SMILES string of the molecule is Cc1ccnc(Nc2cc(C)c(Br)c(-c3cnc([C@](C)(O)C4CCC(CO)CC4)s3)c2)n1. The predicted molar refractivity (Wildman–Crippen MR) is 132 cm³/mol. The highest BCUT2D eigenvalue weighted by Gasteiger charge is 2.38. The first-order chi connectivity index (χ1) is 15.3. The Kier molecular flexibility index (Phi) is 6.95. The van der Waals surface area contributed by atoms with Crippen LogP contribution < -0.4 is 5.32 Å². The van der Waals surface area contributed by atoms with Crippen molar-refractivity contribution in [3.05, 3.63) is 51.3 Å². The quantitative estimate of drug-likeness (QED) is 0.387. The number of anilines is 2. The number of halogens is 1. The number of hydrogen-bond donors (Lipinski definition) is 3. The first-order valence-corrected chi connectivity index (χ1v) is 12.6. The summed E-state index contributed by atoms with van der Waals surface area (Å²) in [6, 6.07) is 5.97. The molecule has 4 rings (SSSR count). The molecule has 3 aromatic rings. The van der Waals surface area contributed by atoms with Gasteiger partial charge in [-0.1, -0.05) is 0 Å². The number of hydrogen-bond acceptors (Lipinski definition) is 7. The molecule has 1 aliphatic rings. The van der Waals surface area contributed by atoms with Crippen LogP contribution in [0.4, 0.5) is 11.6 Å². The molecule has 32 heavy (non-hydrogen) atoms. The molecule has 8 heteroatoms. The van der Waals surface area contributed by atoms with Gasteiger partial charge in [0.2, 0.25) is 5.95 Å². The molecule has 1 saturated carbocycles. The van der Waals surface area contributed by atoms with E-state index in [2.05, 4.69) is 48.3 Å². The lowest BCUT2D eigenvalue weighted by molar-refractivity contribution is -0.0308. The van der Waals surface area contributed by atoms with Crippen LogP contribution in [0.3, 0.4) is 0 Å². The average molecular weight is 517 g/mol. The zero-order valence-electron chi connectivity index (χ0n) is 18.6. The average Bonchev–Trinajstić information content (AvgIpc) is 3.27. The topological polar surface area (TPSA) is 91.2 Å². The molecule has 0 bridgehead atoms. The van der Waals surface area contributed by atoms with Gasteiger partial charge in [-0.25, -0.2) is 15.0 Å². The molecule has 170 valence electrons. The largest absolute Gasteiger partial charge is 0.396 e. The number of aliphatic hydroxyl groups excluding tert-OH is 1. The monoisotopic (exact) mass is 516 g/mol. The Balaban J connectivity index is 1.60. The van der Waals surface area contributed by atoms with E-state index in [1.807, 2.05) is 33.0 Å². The Labute approximate surface area is 201 Å². The van der Waals surface area contributed by atoms with E-state index in [1.165, 1.54) is 11.3 Å². The predicted octanol–water partition coefficient (Wildman–Crippen LogP) is 5.73. The molecule has 0 aliphatic heterocycles. The van der Waals surface area contributed by atoms with Crippen molar-refractivity contribution in [3.8, 4) is 10.4 Å². The standard InChI is InChI=1S/C24H29BrN4O2S/c1-14-10-18(29-23-26-9-8-15(2)28-23)11-19(21(14)25)20-12-27-22(32-20)24(3,31)17-6-4-16(13-30)5-7-17/h8-12,16-17,30-31H,4-7,13H2,1-3H3,(H,26,28,29)/t16?,17?,24-/m1/s1. The van der Waals surface area contributed by atoms with Crippen LogP contribution in [0.25, 0.3) is 10.4 Å². The third-order valence-electron chi connectivity index (χ3n) is 6.41. The van der Waals surface area contributed by atoms with E-state index < -0.39 is 5.60 Å². The second kappa shape index (κ2) is 9.55. The number of rotatable bonds is 6. The lowest BCUT2D eigenvalue weighted by Crippen LogP contribution is -2.35. The molecular formula is C24H29BrN4O2S. The van der Waals surface area contributed by atoms with Gasteiger partial charge in [0, 0.05) is 40.4 Å². The molecule has 1 fully saturated rings. The maximum absolute atomic E-state index is 11.4. The molecule has 0 saturated heterocycles. The maximum atomic E-state index is 11.4. The summed E-state index contributed by atoms with van der Waals surface area (Å²) >= 11 is 5.27. The Bertz CT molecular complexity index is 1090. The number of thiazole rings is 1. The number of benzene rings is 1. The van der Waals surface area contributed by atoms with Crippen molar-refractivity contribution in [1.82, 2.24) is 15.0 Å². The van der Waals surface area contributed by atoms with Gasteiger partial charge in [0.05, 0.1) is 4.88 Å². The van der Waals surface area contributed by atoms with Gasteiger partial charge in [-0.2, -0.15) is 0 Å². The summed E-state index contributed by atoms with van der Waals surface area (Å²) < 4.78 is 1.01. The Morgan fingerprint density at radius 2 is 1.94 bits per heavy atom. The summed E-state index contributed by atoms with van der Waals surface area (Å²) in [6.45, 7) is 6.11. The van der Waals surface area contributed by atoms with Crippen molar-refractivity contribution in [1.29, 1.82) is 0 Å². The fourth-order valence-electron chi connectivity index (χ4n) is 4.37. The fraction of sp³-hybridized carbons (Fsp3) is 0.458. The first kappa shape index (κ1) is 23.3. The van der Waals surface area contributed by atoms with Gasteiger partial charge in [-0.05, 0) is 98.0 Å². The van der Waals surface area contributed by atoms with Crippen LogP contribution in [-0.2, 0) is 5.60 Å². The van der Waals surface area contributed by atoms with Crippen LogP contribution in [0.15, 0.2) is 35.1 Å². The fourth-order valence-corrected chi connectivity index (χ4v) is 6.01. The second-order valence-electron chi connectivity index (χ2n) is 8.88. The Hall–Kier alpha value is -1.87. The van der Waals surface area contributed by atoms with Gasteiger partial charge >= 0.3 is 0 Å².